The SMILES string of the molecule is Sc1nc2c(n1-c1ccccc1)CCC=C2. The Morgan fingerprint density at radius 2 is 2.00 bits per heavy atom. The van der Waals surface area contributed by atoms with Crippen molar-refractivity contribution in [3.05, 3.63) is 47.8 Å². The largest absolute Gasteiger partial charge is 0.291 e. The smallest absolute Gasteiger partial charge is 0.170 e. The molecule has 0 bridgehead atoms. The molecule has 2 aromatic rings. The van der Waals surface area contributed by atoms with Crippen LogP contribution in [0.3, 0.4) is 0 Å². The summed E-state index contributed by atoms with van der Waals surface area (Å²) in [6, 6.07) is 10.3. The number of hydrogen-bond donors (Lipinski definition) is 1. The van der Waals surface area contributed by atoms with Gasteiger partial charge < -0.3 is 0 Å². The summed E-state index contributed by atoms with van der Waals surface area (Å²) in [5, 5.41) is 0.766. The lowest BCUT2D eigenvalue weighted by atomic mass is 10.1. The summed E-state index contributed by atoms with van der Waals surface area (Å²) in [4.78, 5) is 4.47. The molecule has 0 N–H and O–H groups in total. The zero-order valence-corrected chi connectivity index (χ0v) is 9.69. The van der Waals surface area contributed by atoms with Crippen molar-refractivity contribution in [2.45, 2.75) is 18.0 Å². The van der Waals surface area contributed by atoms with Gasteiger partial charge in [0.1, 0.15) is 0 Å². The Labute approximate surface area is 100 Å². The molecule has 0 saturated carbocycles. The first-order valence-corrected chi connectivity index (χ1v) is 5.83. The number of para-hydroxylation sites is 1. The molecule has 1 heterocycles. The van der Waals surface area contributed by atoms with Crippen molar-refractivity contribution >= 4 is 18.7 Å². The third-order valence-electron chi connectivity index (χ3n) is 2.82. The Balaban J connectivity index is 2.21. The Kier molecular flexibility index (Phi) is 2.33. The van der Waals surface area contributed by atoms with Crippen LogP contribution in [0.2, 0.25) is 0 Å². The van der Waals surface area contributed by atoms with E-state index >= 15 is 0 Å². The number of imidazole rings is 1. The number of fused-ring (bicyclic) bond motifs is 1. The van der Waals surface area contributed by atoms with Gasteiger partial charge in [-0.1, -0.05) is 24.3 Å². The summed E-state index contributed by atoms with van der Waals surface area (Å²) in [6.07, 6.45) is 6.36. The quantitative estimate of drug-likeness (QED) is 0.742. The summed E-state index contributed by atoms with van der Waals surface area (Å²) < 4.78 is 2.13. The minimum Gasteiger partial charge on any atom is -0.291 e. The van der Waals surface area contributed by atoms with E-state index in [1.165, 1.54) is 5.69 Å². The summed E-state index contributed by atoms with van der Waals surface area (Å²) in [7, 11) is 0. The fourth-order valence-electron chi connectivity index (χ4n) is 2.09. The van der Waals surface area contributed by atoms with Gasteiger partial charge in [0.15, 0.2) is 5.16 Å². The number of hydrogen-bond acceptors (Lipinski definition) is 2. The second-order valence-electron chi connectivity index (χ2n) is 3.86. The van der Waals surface area contributed by atoms with Gasteiger partial charge in [-0.3, -0.25) is 4.57 Å². The van der Waals surface area contributed by atoms with E-state index in [1.54, 1.807) is 0 Å². The fraction of sp³-hybridized carbons (Fsp3) is 0.154. The minimum absolute atomic E-state index is 0.766. The molecular weight excluding hydrogens is 216 g/mol. The monoisotopic (exact) mass is 228 g/mol. The van der Waals surface area contributed by atoms with Crippen LogP contribution in [0.15, 0.2) is 41.6 Å². The van der Waals surface area contributed by atoms with Crippen molar-refractivity contribution in [2.24, 2.45) is 0 Å². The van der Waals surface area contributed by atoms with Crippen molar-refractivity contribution in [1.29, 1.82) is 0 Å². The number of rotatable bonds is 1. The Bertz CT molecular complexity index is 541. The number of aromatic nitrogens is 2. The highest BCUT2D eigenvalue weighted by atomic mass is 32.1. The van der Waals surface area contributed by atoms with E-state index in [-0.39, 0.29) is 0 Å². The van der Waals surface area contributed by atoms with Gasteiger partial charge in [-0.25, -0.2) is 4.98 Å². The van der Waals surface area contributed by atoms with Gasteiger partial charge in [0.2, 0.25) is 0 Å². The molecule has 16 heavy (non-hydrogen) atoms. The number of benzene rings is 1. The van der Waals surface area contributed by atoms with Crippen LogP contribution in [-0.2, 0) is 6.42 Å². The van der Waals surface area contributed by atoms with Crippen LogP contribution < -0.4 is 0 Å². The molecule has 0 saturated heterocycles. The first kappa shape index (κ1) is 9.73. The standard InChI is InChI=1S/C13H12N2S/c16-13-14-11-8-4-5-9-12(11)15(13)10-6-2-1-3-7-10/h1-4,6-8H,5,9H2,(H,14,16). The number of allylic oxidation sites excluding steroid dienone is 1. The molecule has 1 aromatic carbocycles. The van der Waals surface area contributed by atoms with Crippen molar-refractivity contribution in [1.82, 2.24) is 9.55 Å². The van der Waals surface area contributed by atoms with Crippen molar-refractivity contribution in [3.63, 3.8) is 0 Å². The van der Waals surface area contributed by atoms with Crippen LogP contribution >= 0.6 is 12.6 Å². The molecule has 0 atom stereocenters. The molecule has 0 amide bonds. The fourth-order valence-corrected chi connectivity index (χ4v) is 2.44. The Hall–Kier alpha value is -1.48. The summed E-state index contributed by atoms with van der Waals surface area (Å²) in [6.45, 7) is 0. The van der Waals surface area contributed by atoms with Crippen molar-refractivity contribution < 1.29 is 0 Å². The van der Waals surface area contributed by atoms with E-state index < -0.39 is 0 Å². The highest BCUT2D eigenvalue weighted by Gasteiger charge is 2.16. The van der Waals surface area contributed by atoms with Crippen LogP contribution in [0.5, 0.6) is 0 Å². The molecule has 0 unspecified atom stereocenters. The highest BCUT2D eigenvalue weighted by Crippen LogP contribution is 2.25. The maximum Gasteiger partial charge on any atom is 0.170 e. The first-order valence-electron chi connectivity index (χ1n) is 5.39. The topological polar surface area (TPSA) is 17.8 Å². The third kappa shape index (κ3) is 1.48. The first-order chi connectivity index (χ1) is 7.86. The zero-order chi connectivity index (χ0) is 11.0. The average molecular weight is 228 g/mol. The van der Waals surface area contributed by atoms with Crippen molar-refractivity contribution in [3.8, 4) is 5.69 Å². The normalized spacial score (nSPS) is 13.8. The Morgan fingerprint density at radius 1 is 1.19 bits per heavy atom. The average Bonchev–Trinajstić information content (AvgIpc) is 2.66. The molecule has 0 fully saturated rings. The zero-order valence-electron chi connectivity index (χ0n) is 8.80. The van der Waals surface area contributed by atoms with E-state index in [0.717, 1.165) is 29.4 Å². The maximum atomic E-state index is 4.47. The van der Waals surface area contributed by atoms with Crippen LogP contribution in [0.1, 0.15) is 17.8 Å². The molecule has 1 aromatic heterocycles. The van der Waals surface area contributed by atoms with Crippen LogP contribution in [0.4, 0.5) is 0 Å². The van der Waals surface area contributed by atoms with Crippen molar-refractivity contribution in [2.75, 3.05) is 0 Å². The molecule has 0 radical (unpaired) electrons. The van der Waals surface area contributed by atoms with E-state index in [9.17, 15) is 0 Å². The molecule has 80 valence electrons. The lowest BCUT2D eigenvalue weighted by Crippen LogP contribution is -2.03. The second-order valence-corrected chi connectivity index (χ2v) is 4.26. The highest BCUT2D eigenvalue weighted by molar-refractivity contribution is 7.80. The van der Waals surface area contributed by atoms with Crippen LogP contribution in [0.25, 0.3) is 11.8 Å². The molecule has 3 heteroatoms. The summed E-state index contributed by atoms with van der Waals surface area (Å²) >= 11 is 4.45. The molecule has 3 rings (SSSR count). The molecule has 1 aliphatic rings. The van der Waals surface area contributed by atoms with E-state index in [4.69, 9.17) is 0 Å². The van der Waals surface area contributed by atoms with Crippen LogP contribution in [-0.4, -0.2) is 9.55 Å². The predicted molar refractivity (Wildman–Crippen MR) is 68.2 cm³/mol. The number of thiol groups is 1. The lowest BCUT2D eigenvalue weighted by Gasteiger charge is -2.11. The predicted octanol–water partition coefficient (Wildman–Crippen LogP) is 3.12. The third-order valence-corrected chi connectivity index (χ3v) is 3.12. The van der Waals surface area contributed by atoms with Gasteiger partial charge >= 0.3 is 0 Å². The molecule has 1 aliphatic carbocycles. The van der Waals surface area contributed by atoms with Gasteiger partial charge in [0.05, 0.1) is 11.4 Å². The molecule has 2 nitrogen and oxygen atoms in total. The Morgan fingerprint density at radius 3 is 2.81 bits per heavy atom. The molecule has 0 spiro atoms. The lowest BCUT2D eigenvalue weighted by molar-refractivity contribution is 0.818. The van der Waals surface area contributed by atoms with Gasteiger partial charge in [-0.2, -0.15) is 0 Å². The molecular formula is C13H12N2S. The van der Waals surface area contributed by atoms with E-state index in [0.29, 0.717) is 0 Å². The summed E-state index contributed by atoms with van der Waals surface area (Å²) in [5.41, 5.74) is 3.45. The van der Waals surface area contributed by atoms with E-state index in [1.807, 2.05) is 18.2 Å². The van der Waals surface area contributed by atoms with E-state index in [2.05, 4.69) is 46.5 Å². The van der Waals surface area contributed by atoms with Gasteiger partial charge in [0, 0.05) is 5.69 Å². The summed E-state index contributed by atoms with van der Waals surface area (Å²) in [5.74, 6) is 0. The minimum atomic E-state index is 0.766. The molecule has 0 aliphatic heterocycles. The second kappa shape index (κ2) is 3.83. The van der Waals surface area contributed by atoms with Crippen LogP contribution in [0, 0.1) is 0 Å². The van der Waals surface area contributed by atoms with Gasteiger partial charge in [0.25, 0.3) is 0 Å². The van der Waals surface area contributed by atoms with Gasteiger partial charge in [-0.15, -0.1) is 12.6 Å². The van der Waals surface area contributed by atoms with Gasteiger partial charge in [-0.05, 0) is 31.1 Å². The number of nitrogens with zero attached hydrogens (tertiary/aromatic N) is 2. The maximum absolute atomic E-state index is 4.47.